The molecule has 13 nitrogen and oxygen atoms in total. The van der Waals surface area contributed by atoms with Crippen LogP contribution in [0.25, 0.3) is 0 Å². The Morgan fingerprint density at radius 2 is 0.959 bits per heavy atom. The first kappa shape index (κ1) is 46.3. The molecular weight excluding hydrogens is 626 g/mol. The smallest absolute Gasteiger partial charge is 0.412 e. The molecular formula is C36H61N7O6. The second-order valence-corrected chi connectivity index (χ2v) is 12.8. The molecule has 0 aliphatic rings. The Hall–Kier alpha value is -4.78. The number of rotatable bonds is 9. The number of ether oxygens (including phenoxy) is 2. The zero-order valence-electron chi connectivity index (χ0n) is 31.4. The predicted molar refractivity (Wildman–Crippen MR) is 204 cm³/mol. The van der Waals surface area contributed by atoms with Gasteiger partial charge in [-0.2, -0.15) is 0 Å². The maximum atomic E-state index is 12.5. The number of allylic oxidation sites excluding steroid dienone is 1. The Morgan fingerprint density at radius 3 is 1.22 bits per heavy atom. The quantitative estimate of drug-likeness (QED) is 0.0772. The fourth-order valence-corrected chi connectivity index (χ4v) is 3.37. The third-order valence-electron chi connectivity index (χ3n) is 4.96. The average molecular weight is 688 g/mol. The molecule has 0 saturated carbocycles. The van der Waals surface area contributed by atoms with Crippen molar-refractivity contribution in [1.82, 2.24) is 5.32 Å². The number of benzene rings is 2. The fraction of sp³-hybridized carbons (Fsp3) is 0.500. The van der Waals surface area contributed by atoms with E-state index in [-0.39, 0.29) is 24.7 Å². The highest BCUT2D eigenvalue weighted by atomic mass is 16.6. The predicted octanol–water partition coefficient (Wildman–Crippen LogP) is 8.13. The van der Waals surface area contributed by atoms with Crippen molar-refractivity contribution in [3.8, 4) is 0 Å². The summed E-state index contributed by atoms with van der Waals surface area (Å²) in [6.45, 7) is 19.9. The van der Waals surface area contributed by atoms with Crippen molar-refractivity contribution < 1.29 is 28.7 Å². The van der Waals surface area contributed by atoms with Crippen LogP contribution in [0.1, 0.15) is 94.4 Å². The average Bonchev–Trinajstić information content (AvgIpc) is 2.93. The molecule has 0 aliphatic heterocycles. The number of unbranched alkanes of at least 4 members (excludes halogenated alkanes) is 1. The molecule has 13 heteroatoms. The largest absolute Gasteiger partial charge is 0.444 e. The van der Waals surface area contributed by atoms with Crippen molar-refractivity contribution in [3.63, 3.8) is 0 Å². The number of hydrogen-bond acceptors (Lipinski definition) is 9. The Labute approximate surface area is 293 Å². The third kappa shape index (κ3) is 25.0. The lowest BCUT2D eigenvalue weighted by molar-refractivity contribution is -0.118. The monoisotopic (exact) mass is 687 g/mol. The SMILES string of the molecule is C=CC.CC(C)(C)OC(=O)Nc1cc(N)ccc1NC(=O)CCCCC(=O)Nc1ccc(N)cc1NC(=O)OC(C)(C)C.CCC.CNC. The van der Waals surface area contributed by atoms with Crippen LogP contribution in [0.2, 0.25) is 0 Å². The van der Waals surface area contributed by atoms with Crippen LogP contribution in [0.4, 0.5) is 43.7 Å². The van der Waals surface area contributed by atoms with Gasteiger partial charge in [0.1, 0.15) is 11.2 Å². The van der Waals surface area contributed by atoms with E-state index in [4.69, 9.17) is 20.9 Å². The van der Waals surface area contributed by atoms with Gasteiger partial charge in [0.25, 0.3) is 0 Å². The first-order valence-corrected chi connectivity index (χ1v) is 16.3. The second kappa shape index (κ2) is 24.4. The van der Waals surface area contributed by atoms with Crippen LogP contribution >= 0.6 is 0 Å². The molecule has 2 rings (SSSR count). The van der Waals surface area contributed by atoms with Crippen LogP contribution in [0.15, 0.2) is 49.1 Å². The van der Waals surface area contributed by atoms with Crippen molar-refractivity contribution in [2.75, 3.05) is 46.8 Å². The summed E-state index contributed by atoms with van der Waals surface area (Å²) in [5.41, 5.74) is 12.4. The molecule has 0 atom stereocenters. The van der Waals surface area contributed by atoms with E-state index in [0.717, 1.165) is 0 Å². The van der Waals surface area contributed by atoms with Crippen LogP contribution in [-0.4, -0.2) is 49.3 Å². The number of nitrogens with two attached hydrogens (primary N) is 2. The van der Waals surface area contributed by atoms with Gasteiger partial charge in [-0.15, -0.1) is 6.58 Å². The minimum absolute atomic E-state index is 0.150. The lowest BCUT2D eigenvalue weighted by Gasteiger charge is -2.21. The van der Waals surface area contributed by atoms with E-state index < -0.39 is 23.4 Å². The van der Waals surface area contributed by atoms with Gasteiger partial charge in [-0.1, -0.05) is 26.3 Å². The van der Waals surface area contributed by atoms with Crippen LogP contribution < -0.4 is 38.1 Å². The summed E-state index contributed by atoms with van der Waals surface area (Å²) in [6.07, 6.45) is 2.82. The summed E-state index contributed by atoms with van der Waals surface area (Å²) in [5.74, 6) is -0.584. The fourth-order valence-electron chi connectivity index (χ4n) is 3.37. The minimum Gasteiger partial charge on any atom is -0.444 e. The van der Waals surface area contributed by atoms with Gasteiger partial charge >= 0.3 is 12.2 Å². The molecule has 2 aromatic rings. The summed E-state index contributed by atoms with van der Waals surface area (Å²) >= 11 is 0. The molecule has 0 bridgehead atoms. The van der Waals surface area contributed by atoms with E-state index in [1.807, 2.05) is 21.0 Å². The molecule has 0 aliphatic carbocycles. The van der Waals surface area contributed by atoms with Gasteiger partial charge in [0.15, 0.2) is 0 Å². The zero-order chi connectivity index (χ0) is 38.2. The van der Waals surface area contributed by atoms with E-state index in [2.05, 4.69) is 47.0 Å². The summed E-state index contributed by atoms with van der Waals surface area (Å²) in [4.78, 5) is 49.4. The number of carbonyl (C=O) groups is 4. The Balaban J connectivity index is 0. The number of amides is 4. The van der Waals surface area contributed by atoms with Crippen molar-refractivity contribution >= 4 is 58.1 Å². The van der Waals surface area contributed by atoms with E-state index in [1.165, 1.54) is 18.6 Å². The highest BCUT2D eigenvalue weighted by Crippen LogP contribution is 2.27. The van der Waals surface area contributed by atoms with Crippen LogP contribution in [-0.2, 0) is 19.1 Å². The Morgan fingerprint density at radius 1 is 0.673 bits per heavy atom. The number of hydrogen-bond donors (Lipinski definition) is 7. The molecule has 276 valence electrons. The molecule has 2 aromatic carbocycles. The number of nitrogens with one attached hydrogen (secondary N) is 5. The van der Waals surface area contributed by atoms with E-state index in [0.29, 0.717) is 47.0 Å². The summed E-state index contributed by atoms with van der Waals surface area (Å²) in [7, 11) is 3.75. The summed E-state index contributed by atoms with van der Waals surface area (Å²) in [6, 6.07) is 9.42. The number of anilines is 6. The number of carbonyl (C=O) groups excluding carboxylic acids is 4. The van der Waals surface area contributed by atoms with Gasteiger partial charge in [-0.3, -0.25) is 20.2 Å². The van der Waals surface area contributed by atoms with Gasteiger partial charge in [0.05, 0.1) is 22.7 Å². The maximum absolute atomic E-state index is 12.5. The van der Waals surface area contributed by atoms with Gasteiger partial charge in [0, 0.05) is 24.2 Å². The Bertz CT molecular complexity index is 1220. The topological polar surface area (TPSA) is 199 Å². The highest BCUT2D eigenvalue weighted by Gasteiger charge is 2.19. The van der Waals surface area contributed by atoms with Gasteiger partial charge < -0.3 is 36.9 Å². The van der Waals surface area contributed by atoms with Crippen molar-refractivity contribution in [3.05, 3.63) is 49.1 Å². The first-order valence-electron chi connectivity index (χ1n) is 16.3. The molecule has 0 unspecified atom stereocenters. The van der Waals surface area contributed by atoms with E-state index in [1.54, 1.807) is 71.9 Å². The van der Waals surface area contributed by atoms with Crippen molar-refractivity contribution in [2.24, 2.45) is 0 Å². The summed E-state index contributed by atoms with van der Waals surface area (Å²) in [5, 5.41) is 13.5. The molecule has 0 spiro atoms. The third-order valence-corrected chi connectivity index (χ3v) is 4.96. The molecule has 4 amide bonds. The minimum atomic E-state index is -0.690. The summed E-state index contributed by atoms with van der Waals surface area (Å²) < 4.78 is 10.5. The molecule has 0 aromatic heterocycles. The lowest BCUT2D eigenvalue weighted by Crippen LogP contribution is -2.27. The molecule has 0 fully saturated rings. The Kier molecular flexibility index (Phi) is 23.1. The molecule has 0 heterocycles. The maximum Gasteiger partial charge on any atom is 0.412 e. The molecule has 0 radical (unpaired) electrons. The van der Waals surface area contributed by atoms with Crippen LogP contribution in [0, 0.1) is 0 Å². The van der Waals surface area contributed by atoms with E-state index in [9.17, 15) is 19.2 Å². The first-order chi connectivity index (χ1) is 22.7. The van der Waals surface area contributed by atoms with Crippen LogP contribution in [0.3, 0.4) is 0 Å². The molecule has 49 heavy (non-hydrogen) atoms. The van der Waals surface area contributed by atoms with Gasteiger partial charge in [-0.25, -0.2) is 9.59 Å². The van der Waals surface area contributed by atoms with Crippen molar-refractivity contribution in [2.45, 2.75) is 106 Å². The molecule has 9 N–H and O–H groups in total. The highest BCUT2D eigenvalue weighted by molar-refractivity contribution is 5.99. The second-order valence-electron chi connectivity index (χ2n) is 12.8. The number of nitrogen functional groups attached to an aromatic ring is 2. The van der Waals surface area contributed by atoms with Crippen LogP contribution in [0.5, 0.6) is 0 Å². The zero-order valence-corrected chi connectivity index (χ0v) is 31.4. The normalized spacial score (nSPS) is 10.2. The van der Waals surface area contributed by atoms with Crippen molar-refractivity contribution in [1.29, 1.82) is 0 Å². The molecule has 0 saturated heterocycles. The lowest BCUT2D eigenvalue weighted by atomic mass is 10.1. The van der Waals surface area contributed by atoms with Gasteiger partial charge in [-0.05, 0) is 112 Å². The van der Waals surface area contributed by atoms with Gasteiger partial charge in [0.2, 0.25) is 11.8 Å². The van der Waals surface area contributed by atoms with E-state index >= 15 is 0 Å². The standard InChI is InChI=1S/C28H40N6O6.C3H8.C3H6.C2H7N/c1-27(2,3)39-25(37)33-21-15-17(29)11-13-19(21)31-23(35)9-7-8-10-24(36)32-20-14-12-18(30)16-22(20)34-26(38)40-28(4,5)6;3*1-3-2/h11-16H,7-10,29-30H2,1-6H3,(H,31,35)(H,32,36)(H,33,37)(H,34,38);3H2,1-2H3;3H,1H2,2H3;3H,1-2H3.